The quantitative estimate of drug-likeness (QED) is 0.453. The number of rotatable bonds is 7. The number of nitrogens with zero attached hydrogens (tertiary/aromatic N) is 4. The zero-order valence-corrected chi connectivity index (χ0v) is 22.4. The van der Waals surface area contributed by atoms with E-state index in [1.807, 2.05) is 27.7 Å². The predicted octanol–water partition coefficient (Wildman–Crippen LogP) is 3.28. The van der Waals surface area contributed by atoms with Crippen LogP contribution in [0.25, 0.3) is 0 Å². The van der Waals surface area contributed by atoms with Crippen LogP contribution in [0.4, 0.5) is 5.69 Å². The number of benzene rings is 1. The topological polar surface area (TPSA) is 128 Å². The molecule has 11 heteroatoms. The molecular weight excluding hydrogens is 492 g/mol. The van der Waals surface area contributed by atoms with Gasteiger partial charge in [-0.25, -0.2) is 14.2 Å². The van der Waals surface area contributed by atoms with Crippen LogP contribution in [-0.4, -0.2) is 55.4 Å². The van der Waals surface area contributed by atoms with E-state index in [1.165, 1.54) is 20.4 Å². The van der Waals surface area contributed by atoms with Crippen molar-refractivity contribution >= 4 is 32.1 Å². The number of nitrogens with one attached hydrogen (secondary N) is 2. The van der Waals surface area contributed by atoms with Crippen LogP contribution in [-0.2, 0) is 9.71 Å². The summed E-state index contributed by atoms with van der Waals surface area (Å²) in [7, 11) is 0.0123. The Kier molecular flexibility index (Phi) is 7.44. The molecule has 2 aromatic heterocycles. The Morgan fingerprint density at radius 2 is 1.62 bits per heavy atom. The van der Waals surface area contributed by atoms with Gasteiger partial charge >= 0.3 is 0 Å². The van der Waals surface area contributed by atoms with Gasteiger partial charge in [-0.15, -0.1) is 0 Å². The number of carbonyl (C=O) groups excluding carboxylic acids is 1. The van der Waals surface area contributed by atoms with Gasteiger partial charge < -0.3 is 20.1 Å². The van der Waals surface area contributed by atoms with E-state index >= 15 is 0 Å². The van der Waals surface area contributed by atoms with Crippen LogP contribution in [0, 0.1) is 13.8 Å². The molecule has 3 heterocycles. The second-order valence-corrected chi connectivity index (χ2v) is 11.3. The molecule has 0 saturated carbocycles. The summed E-state index contributed by atoms with van der Waals surface area (Å²) in [6.45, 7) is 7.47. The molecule has 0 aliphatic carbocycles. The Bertz CT molecular complexity index is 1460. The minimum Gasteiger partial charge on any atom is -0.494 e. The standard InChI is InChI=1S/C26H30N6O4S/c1-15-10-19(14-27-11-15)25(33)31-26-24(30-22-20(35-5)8-7-9-21(22)36-6)32-37(26,34)18(4)17(3)23-28-12-16(2)13-29-23/h7-14,17-18H,1-6H3,(H,31,33)(H,30,32,34)/t17-,18-,37?/m0/s1. The number of ether oxygens (including phenoxy) is 2. The van der Waals surface area contributed by atoms with Crippen molar-refractivity contribution in [3.8, 4) is 11.5 Å². The van der Waals surface area contributed by atoms with Gasteiger partial charge in [0.25, 0.3) is 5.91 Å². The van der Waals surface area contributed by atoms with Crippen LogP contribution in [0.15, 0.2) is 53.5 Å². The van der Waals surface area contributed by atoms with Gasteiger partial charge in [-0.3, -0.25) is 9.78 Å². The summed E-state index contributed by atoms with van der Waals surface area (Å²) in [6.07, 6.45) is 6.56. The van der Waals surface area contributed by atoms with Gasteiger partial charge in [0.2, 0.25) is 0 Å². The summed E-state index contributed by atoms with van der Waals surface area (Å²) in [5.41, 5.74) is 2.60. The number of hydrogen-bond acceptors (Lipinski definition) is 8. The highest BCUT2D eigenvalue weighted by atomic mass is 32.2. The molecular formula is C26H30N6O4S. The minimum absolute atomic E-state index is 0.193. The number of amidine groups is 1. The molecule has 2 N–H and O–H groups in total. The average molecular weight is 523 g/mol. The van der Waals surface area contributed by atoms with Crippen molar-refractivity contribution in [1.82, 2.24) is 20.3 Å². The second kappa shape index (κ2) is 10.6. The van der Waals surface area contributed by atoms with Crippen LogP contribution in [0.1, 0.15) is 47.1 Å². The fourth-order valence-corrected chi connectivity index (χ4v) is 6.07. The zero-order chi connectivity index (χ0) is 26.7. The van der Waals surface area contributed by atoms with Gasteiger partial charge in [0.05, 0.1) is 25.0 Å². The fraction of sp³-hybridized carbons (Fsp3) is 0.308. The summed E-state index contributed by atoms with van der Waals surface area (Å²) >= 11 is 0. The van der Waals surface area contributed by atoms with Crippen molar-refractivity contribution in [2.24, 2.45) is 4.40 Å². The number of aryl methyl sites for hydroxylation is 2. The van der Waals surface area contributed by atoms with Crippen molar-refractivity contribution in [2.45, 2.75) is 38.9 Å². The van der Waals surface area contributed by atoms with E-state index < -0.39 is 20.9 Å². The maximum Gasteiger partial charge on any atom is 0.257 e. The first-order chi connectivity index (χ1) is 17.7. The van der Waals surface area contributed by atoms with Crippen LogP contribution in [0.2, 0.25) is 0 Å². The Hall–Kier alpha value is -3.99. The highest BCUT2D eigenvalue weighted by Crippen LogP contribution is 2.36. The van der Waals surface area contributed by atoms with Crippen molar-refractivity contribution in [3.63, 3.8) is 0 Å². The van der Waals surface area contributed by atoms with Crippen LogP contribution in [0.3, 0.4) is 0 Å². The molecule has 37 heavy (non-hydrogen) atoms. The molecule has 0 spiro atoms. The Labute approximate surface area is 216 Å². The maximum absolute atomic E-state index is 14.3. The summed E-state index contributed by atoms with van der Waals surface area (Å²) in [5.74, 6) is 1.08. The minimum atomic E-state index is -3.06. The van der Waals surface area contributed by atoms with Gasteiger partial charge in [0.1, 0.15) is 32.7 Å². The molecule has 10 nitrogen and oxygen atoms in total. The van der Waals surface area contributed by atoms with Crippen molar-refractivity contribution in [3.05, 3.63) is 71.6 Å². The Balaban J connectivity index is 1.73. The number of methoxy groups -OCH3 is 2. The number of hydrogen-bond donors (Lipinski definition) is 2. The highest BCUT2D eigenvalue weighted by Gasteiger charge is 2.39. The van der Waals surface area contributed by atoms with Crippen LogP contribution in [0.5, 0.6) is 11.5 Å². The summed E-state index contributed by atoms with van der Waals surface area (Å²) < 4.78 is 29.7. The number of pyridine rings is 1. The van der Waals surface area contributed by atoms with Crippen molar-refractivity contribution in [2.75, 3.05) is 19.5 Å². The number of para-hydroxylation sites is 1. The molecule has 194 valence electrons. The van der Waals surface area contributed by atoms with Gasteiger partial charge in [-0.2, -0.15) is 4.40 Å². The molecule has 3 atom stereocenters. The predicted molar refractivity (Wildman–Crippen MR) is 145 cm³/mol. The van der Waals surface area contributed by atoms with E-state index in [2.05, 4.69) is 30.0 Å². The van der Waals surface area contributed by atoms with E-state index in [4.69, 9.17) is 9.47 Å². The van der Waals surface area contributed by atoms with E-state index in [-0.39, 0.29) is 16.7 Å². The molecule has 1 unspecified atom stereocenters. The first-order valence-electron chi connectivity index (χ1n) is 11.7. The molecule has 3 aromatic rings. The lowest BCUT2D eigenvalue weighted by atomic mass is 10.1. The SMILES string of the molecule is COc1cccc(OC)c1NC1=NS(=O)([C@@H](C)[C@H](C)c2ncc(C)cn2)=C1NC(=O)c1cncc(C)c1. The normalized spacial score (nSPS) is 18.2. The molecule has 1 aliphatic rings. The van der Waals surface area contributed by atoms with Crippen LogP contribution >= 0.6 is 0 Å². The lowest BCUT2D eigenvalue weighted by molar-refractivity contribution is 0.0977. The summed E-state index contributed by atoms with van der Waals surface area (Å²) in [6, 6.07) is 7.02. The second-order valence-electron chi connectivity index (χ2n) is 8.82. The van der Waals surface area contributed by atoms with Gasteiger partial charge in [0.15, 0.2) is 10.8 Å². The summed E-state index contributed by atoms with van der Waals surface area (Å²) in [5, 5.41) is 5.48. The van der Waals surface area contributed by atoms with Crippen molar-refractivity contribution < 1.29 is 18.5 Å². The number of amides is 1. The molecule has 0 fully saturated rings. The first kappa shape index (κ1) is 26.1. The molecule has 1 amide bonds. The lowest BCUT2D eigenvalue weighted by Crippen LogP contribution is -2.52. The monoisotopic (exact) mass is 522 g/mol. The van der Waals surface area contributed by atoms with E-state index in [0.717, 1.165) is 11.1 Å². The number of anilines is 1. The fourth-order valence-electron chi connectivity index (χ4n) is 3.87. The third-order valence-corrected chi connectivity index (χ3v) is 8.94. The Morgan fingerprint density at radius 3 is 2.22 bits per heavy atom. The Morgan fingerprint density at radius 1 is 0.973 bits per heavy atom. The largest absolute Gasteiger partial charge is 0.494 e. The van der Waals surface area contributed by atoms with Gasteiger partial charge in [-0.1, -0.05) is 13.0 Å². The van der Waals surface area contributed by atoms with Gasteiger partial charge in [-0.05, 0) is 50.1 Å². The molecule has 1 aliphatic heterocycles. The molecule has 0 radical (unpaired) electrons. The smallest absolute Gasteiger partial charge is 0.257 e. The first-order valence-corrected chi connectivity index (χ1v) is 13.3. The van der Waals surface area contributed by atoms with E-state index in [9.17, 15) is 9.00 Å². The lowest BCUT2D eigenvalue weighted by Gasteiger charge is -2.32. The van der Waals surface area contributed by atoms with Crippen LogP contribution < -0.4 is 20.1 Å². The third-order valence-electron chi connectivity index (χ3n) is 6.19. The molecule has 4 rings (SSSR count). The van der Waals surface area contributed by atoms with Crippen molar-refractivity contribution in [1.29, 1.82) is 0 Å². The molecule has 0 bridgehead atoms. The van der Waals surface area contributed by atoms with E-state index in [0.29, 0.717) is 28.6 Å². The van der Waals surface area contributed by atoms with Gasteiger partial charge in [0, 0.05) is 30.7 Å². The number of aromatic nitrogens is 3. The molecule has 0 saturated heterocycles. The molecule has 1 aromatic carbocycles. The third kappa shape index (κ3) is 5.12. The summed E-state index contributed by atoms with van der Waals surface area (Å²) in [4.78, 5) is 26.3. The average Bonchev–Trinajstić information content (AvgIpc) is 2.90. The highest BCUT2D eigenvalue weighted by molar-refractivity contribution is 8.05. The number of carbonyl (C=O) groups is 1. The maximum atomic E-state index is 14.3. The zero-order valence-electron chi connectivity index (χ0n) is 21.6. The van der Waals surface area contributed by atoms with E-state index in [1.54, 1.807) is 42.9 Å².